The molecule has 0 aliphatic carbocycles. The van der Waals surface area contributed by atoms with Gasteiger partial charge in [-0.3, -0.25) is 4.57 Å². The molecule has 2 aromatic rings. The van der Waals surface area contributed by atoms with Crippen LogP contribution in [0, 0.1) is 0 Å². The van der Waals surface area contributed by atoms with E-state index in [1.165, 1.54) is 6.33 Å². The van der Waals surface area contributed by atoms with Gasteiger partial charge in [0.2, 0.25) is 0 Å². The number of nitrogen functional groups attached to an aromatic ring is 1. The largest absolute Gasteiger partial charge is 0.382 e. The Morgan fingerprint density at radius 2 is 2.00 bits per heavy atom. The van der Waals surface area contributed by atoms with E-state index in [2.05, 4.69) is 15.0 Å². The minimum absolute atomic E-state index is 0.131. The lowest BCUT2D eigenvalue weighted by atomic mass is 10.1. The molecular formula is C14H20N6O3. The van der Waals surface area contributed by atoms with E-state index < -0.39 is 12.0 Å². The van der Waals surface area contributed by atoms with Crippen molar-refractivity contribution in [1.82, 2.24) is 19.5 Å². The van der Waals surface area contributed by atoms with E-state index >= 15 is 0 Å². The number of hydrogen-bond donors (Lipinski definition) is 2. The molecule has 2 aliphatic heterocycles. The second-order valence-electron chi connectivity index (χ2n) is 6.29. The lowest BCUT2D eigenvalue weighted by molar-refractivity contribution is -0.196. The van der Waals surface area contributed by atoms with Crippen LogP contribution in [-0.2, 0) is 14.2 Å². The first kappa shape index (κ1) is 14.8. The van der Waals surface area contributed by atoms with Crippen molar-refractivity contribution in [3.63, 3.8) is 0 Å². The molecule has 0 unspecified atom stereocenters. The maximum Gasteiger partial charge on any atom is 0.167 e. The molecule has 2 saturated heterocycles. The quantitative estimate of drug-likeness (QED) is 0.820. The summed E-state index contributed by atoms with van der Waals surface area (Å²) < 4.78 is 20.0. The summed E-state index contributed by atoms with van der Waals surface area (Å²) in [6.07, 6.45) is 2.81. The molecule has 0 spiro atoms. The van der Waals surface area contributed by atoms with Crippen LogP contribution in [0.15, 0.2) is 12.7 Å². The summed E-state index contributed by atoms with van der Waals surface area (Å²) in [6, 6.07) is 0. The van der Waals surface area contributed by atoms with Crippen molar-refractivity contribution in [3.05, 3.63) is 12.7 Å². The molecular weight excluding hydrogens is 300 g/mol. The van der Waals surface area contributed by atoms with E-state index in [0.717, 1.165) is 0 Å². The summed E-state index contributed by atoms with van der Waals surface area (Å²) in [5, 5.41) is 0. The molecule has 0 radical (unpaired) electrons. The highest BCUT2D eigenvalue weighted by atomic mass is 16.8. The smallest absolute Gasteiger partial charge is 0.167 e. The van der Waals surface area contributed by atoms with E-state index in [4.69, 9.17) is 25.7 Å². The van der Waals surface area contributed by atoms with Gasteiger partial charge in [0, 0.05) is 0 Å². The van der Waals surface area contributed by atoms with E-state index in [0.29, 0.717) is 29.9 Å². The Labute approximate surface area is 132 Å². The molecule has 0 amide bonds. The molecule has 2 aliphatic rings. The van der Waals surface area contributed by atoms with Crippen molar-refractivity contribution >= 4 is 17.0 Å². The third-order valence-electron chi connectivity index (χ3n) is 4.24. The number of rotatable bonds is 3. The molecule has 9 nitrogen and oxygen atoms in total. The first-order chi connectivity index (χ1) is 11.0. The van der Waals surface area contributed by atoms with Crippen LogP contribution in [0.1, 0.15) is 26.5 Å². The number of nitrogens with two attached hydrogens (primary N) is 2. The summed E-state index contributed by atoms with van der Waals surface area (Å²) in [5.41, 5.74) is 12.7. The molecule has 0 aromatic carbocycles. The zero-order chi connectivity index (χ0) is 16.2. The van der Waals surface area contributed by atoms with Gasteiger partial charge in [-0.05, 0) is 26.8 Å². The predicted molar refractivity (Wildman–Crippen MR) is 81.1 cm³/mol. The fraction of sp³-hybridized carbons (Fsp3) is 0.643. The number of fused-ring (bicyclic) bond motifs is 2. The minimum atomic E-state index is -0.658. The van der Waals surface area contributed by atoms with E-state index in [9.17, 15) is 0 Å². The fourth-order valence-electron chi connectivity index (χ4n) is 3.34. The van der Waals surface area contributed by atoms with Gasteiger partial charge in [-0.15, -0.1) is 0 Å². The Hall–Kier alpha value is -1.81. The lowest BCUT2D eigenvalue weighted by Crippen LogP contribution is -2.31. The van der Waals surface area contributed by atoms with Crippen molar-refractivity contribution in [2.24, 2.45) is 5.73 Å². The van der Waals surface area contributed by atoms with Gasteiger partial charge in [-0.1, -0.05) is 0 Å². The van der Waals surface area contributed by atoms with Gasteiger partial charge in [-0.2, -0.15) is 0 Å². The zero-order valence-electron chi connectivity index (χ0n) is 13.0. The standard InChI is InChI=1S/C14H20N6O3/c1-14(2)22-9-7(3-4-15)21-13(10(9)23-14)20-6-19-8-11(16)17-5-18-12(8)20/h5-7,9-10,13H,3-4,15H2,1-2H3,(H2,16,17,18)/t7-,9-,10-,13-/m1/s1. The van der Waals surface area contributed by atoms with Crippen molar-refractivity contribution in [1.29, 1.82) is 0 Å². The van der Waals surface area contributed by atoms with Crippen molar-refractivity contribution in [2.45, 2.75) is 50.6 Å². The van der Waals surface area contributed by atoms with Gasteiger partial charge in [0.1, 0.15) is 24.1 Å². The average molecular weight is 320 g/mol. The highest BCUT2D eigenvalue weighted by molar-refractivity contribution is 5.81. The topological polar surface area (TPSA) is 123 Å². The second-order valence-corrected chi connectivity index (χ2v) is 6.29. The van der Waals surface area contributed by atoms with Crippen LogP contribution in [0.3, 0.4) is 0 Å². The predicted octanol–water partition coefficient (Wildman–Crippen LogP) is 0.175. The SMILES string of the molecule is CC1(C)O[C@@H]2[C@H](O1)[C@@H](CCN)O[C@H]2n1cnc2c(N)ncnc21. The molecule has 23 heavy (non-hydrogen) atoms. The monoisotopic (exact) mass is 320 g/mol. The number of ether oxygens (including phenoxy) is 3. The molecule has 124 valence electrons. The Morgan fingerprint density at radius 3 is 2.78 bits per heavy atom. The van der Waals surface area contributed by atoms with Gasteiger partial charge >= 0.3 is 0 Å². The van der Waals surface area contributed by atoms with Crippen LogP contribution in [0.4, 0.5) is 5.82 Å². The van der Waals surface area contributed by atoms with Crippen molar-refractivity contribution < 1.29 is 14.2 Å². The number of anilines is 1. The molecule has 2 fully saturated rings. The fourth-order valence-corrected chi connectivity index (χ4v) is 3.34. The van der Waals surface area contributed by atoms with Crippen LogP contribution in [-0.4, -0.2) is 50.2 Å². The Balaban J connectivity index is 1.74. The zero-order valence-corrected chi connectivity index (χ0v) is 13.0. The number of hydrogen-bond acceptors (Lipinski definition) is 8. The molecule has 0 saturated carbocycles. The Kier molecular flexibility index (Phi) is 3.27. The van der Waals surface area contributed by atoms with Gasteiger partial charge < -0.3 is 25.7 Å². The number of nitrogens with zero attached hydrogens (tertiary/aromatic N) is 4. The van der Waals surface area contributed by atoms with Crippen LogP contribution in [0.2, 0.25) is 0 Å². The van der Waals surface area contributed by atoms with Crippen LogP contribution in [0.25, 0.3) is 11.2 Å². The van der Waals surface area contributed by atoms with Gasteiger partial charge in [0.05, 0.1) is 12.4 Å². The maximum absolute atomic E-state index is 6.15. The van der Waals surface area contributed by atoms with Crippen LogP contribution in [0.5, 0.6) is 0 Å². The number of imidazole rings is 1. The average Bonchev–Trinajstić information content (AvgIpc) is 3.13. The lowest BCUT2D eigenvalue weighted by Gasteiger charge is -2.24. The molecule has 0 bridgehead atoms. The summed E-state index contributed by atoms with van der Waals surface area (Å²) in [4.78, 5) is 12.5. The summed E-state index contributed by atoms with van der Waals surface area (Å²) in [6.45, 7) is 4.31. The molecule has 2 aromatic heterocycles. The third-order valence-corrected chi connectivity index (χ3v) is 4.24. The van der Waals surface area contributed by atoms with Gasteiger partial charge in [0.15, 0.2) is 23.5 Å². The van der Waals surface area contributed by atoms with Crippen molar-refractivity contribution in [2.75, 3.05) is 12.3 Å². The Morgan fingerprint density at radius 1 is 1.22 bits per heavy atom. The van der Waals surface area contributed by atoms with E-state index in [-0.39, 0.29) is 18.3 Å². The molecule has 9 heteroatoms. The van der Waals surface area contributed by atoms with Crippen molar-refractivity contribution in [3.8, 4) is 0 Å². The van der Waals surface area contributed by atoms with E-state index in [1.807, 2.05) is 18.4 Å². The summed E-state index contributed by atoms with van der Waals surface area (Å²) in [5.74, 6) is -0.319. The van der Waals surface area contributed by atoms with E-state index in [1.54, 1.807) is 6.33 Å². The van der Waals surface area contributed by atoms with Crippen LogP contribution >= 0.6 is 0 Å². The minimum Gasteiger partial charge on any atom is -0.382 e. The molecule has 4 rings (SSSR count). The molecule has 4 atom stereocenters. The second kappa shape index (κ2) is 5.10. The highest BCUT2D eigenvalue weighted by Crippen LogP contribution is 2.44. The molecule has 4 heterocycles. The summed E-state index contributed by atoms with van der Waals surface area (Å²) >= 11 is 0. The molecule has 4 N–H and O–H groups in total. The summed E-state index contributed by atoms with van der Waals surface area (Å²) in [7, 11) is 0. The number of aromatic nitrogens is 4. The highest BCUT2D eigenvalue weighted by Gasteiger charge is 2.55. The maximum atomic E-state index is 6.15. The first-order valence-corrected chi connectivity index (χ1v) is 7.64. The first-order valence-electron chi connectivity index (χ1n) is 7.64. The Bertz CT molecular complexity index is 732. The van der Waals surface area contributed by atoms with Gasteiger partial charge in [0.25, 0.3) is 0 Å². The van der Waals surface area contributed by atoms with Crippen LogP contribution < -0.4 is 11.5 Å². The third kappa shape index (κ3) is 2.27. The van der Waals surface area contributed by atoms with Gasteiger partial charge in [-0.25, -0.2) is 15.0 Å². The normalized spacial score (nSPS) is 32.5.